The van der Waals surface area contributed by atoms with E-state index in [4.69, 9.17) is 15.6 Å². The second-order valence-corrected chi connectivity index (χ2v) is 13.1. The predicted molar refractivity (Wildman–Crippen MR) is 110 cm³/mol. The molecule has 0 saturated carbocycles. The van der Waals surface area contributed by atoms with Crippen LogP contribution in [0.2, 0.25) is 18.1 Å². The fraction of sp³-hybridized carbons (Fsp3) is 0.636. The molecule has 0 fully saturated rings. The molecule has 0 aromatic heterocycles. The maximum atomic E-state index is 6.59. The second kappa shape index (κ2) is 10.2. The van der Waals surface area contributed by atoms with Gasteiger partial charge in [-0.25, -0.2) is 0 Å². The summed E-state index contributed by atoms with van der Waals surface area (Å²) in [6, 6.07) is 10.3. The maximum Gasteiger partial charge on any atom is 0.192 e. The summed E-state index contributed by atoms with van der Waals surface area (Å²) < 4.78 is 12.8. The third kappa shape index (κ3) is 7.77. The van der Waals surface area contributed by atoms with Crippen LogP contribution in [-0.4, -0.2) is 20.5 Å². The van der Waals surface area contributed by atoms with E-state index in [-0.39, 0.29) is 17.2 Å². The molecule has 140 valence electrons. The van der Waals surface area contributed by atoms with Gasteiger partial charge in [0, 0.05) is 6.42 Å². The van der Waals surface area contributed by atoms with E-state index in [0.717, 1.165) is 19.3 Å². The SMILES string of the molecule is C#CC[C@@H](C[C@H](CCC)OCc1ccccc1)O[Si](C)(C)C(C)(C)C. The summed E-state index contributed by atoms with van der Waals surface area (Å²) in [5.74, 6) is 2.80. The van der Waals surface area contributed by atoms with Crippen molar-refractivity contribution < 1.29 is 9.16 Å². The van der Waals surface area contributed by atoms with Gasteiger partial charge >= 0.3 is 0 Å². The lowest BCUT2D eigenvalue weighted by atomic mass is 10.1. The normalized spacial score (nSPS) is 14.8. The molecule has 0 aliphatic heterocycles. The molecular formula is C22H36O2Si. The van der Waals surface area contributed by atoms with Crippen LogP contribution in [0, 0.1) is 12.3 Å². The minimum atomic E-state index is -1.83. The smallest absolute Gasteiger partial charge is 0.192 e. The number of hydrogen-bond acceptors (Lipinski definition) is 2. The Balaban J connectivity index is 2.71. The topological polar surface area (TPSA) is 18.5 Å². The molecule has 0 saturated heterocycles. The zero-order valence-corrected chi connectivity index (χ0v) is 18.0. The summed E-state index contributed by atoms with van der Waals surface area (Å²) in [4.78, 5) is 0. The van der Waals surface area contributed by atoms with Gasteiger partial charge in [0.15, 0.2) is 8.32 Å². The molecule has 0 N–H and O–H groups in total. The Morgan fingerprint density at radius 2 is 1.76 bits per heavy atom. The molecule has 0 aliphatic rings. The third-order valence-electron chi connectivity index (χ3n) is 5.08. The van der Waals surface area contributed by atoms with Crippen molar-refractivity contribution in [3.8, 4) is 12.3 Å². The van der Waals surface area contributed by atoms with Gasteiger partial charge < -0.3 is 9.16 Å². The molecule has 1 aromatic rings. The number of ether oxygens (including phenoxy) is 1. The van der Waals surface area contributed by atoms with E-state index in [1.807, 2.05) is 6.07 Å². The largest absolute Gasteiger partial charge is 0.413 e. The van der Waals surface area contributed by atoms with Gasteiger partial charge in [0.25, 0.3) is 0 Å². The fourth-order valence-corrected chi connectivity index (χ4v) is 3.94. The number of rotatable bonds is 10. The quantitative estimate of drug-likeness (QED) is 0.366. The average molecular weight is 361 g/mol. The van der Waals surface area contributed by atoms with Crippen molar-refractivity contribution in [2.75, 3.05) is 0 Å². The first-order chi connectivity index (χ1) is 11.7. The predicted octanol–water partition coefficient (Wildman–Crippen LogP) is 6.18. The molecule has 1 rings (SSSR count). The highest BCUT2D eigenvalue weighted by Gasteiger charge is 2.39. The van der Waals surface area contributed by atoms with E-state index < -0.39 is 8.32 Å². The van der Waals surface area contributed by atoms with Crippen molar-refractivity contribution in [1.82, 2.24) is 0 Å². The zero-order valence-electron chi connectivity index (χ0n) is 17.0. The first kappa shape index (κ1) is 22.0. The Kier molecular flexibility index (Phi) is 8.92. The van der Waals surface area contributed by atoms with Crippen LogP contribution in [0.1, 0.15) is 58.9 Å². The Bertz CT molecular complexity index is 525. The van der Waals surface area contributed by atoms with Crippen molar-refractivity contribution in [2.24, 2.45) is 0 Å². The Morgan fingerprint density at radius 1 is 1.12 bits per heavy atom. The molecule has 3 heteroatoms. The van der Waals surface area contributed by atoms with Gasteiger partial charge in [-0.3, -0.25) is 0 Å². The summed E-state index contributed by atoms with van der Waals surface area (Å²) in [5.41, 5.74) is 1.21. The molecule has 0 spiro atoms. The lowest BCUT2D eigenvalue weighted by Gasteiger charge is -2.39. The zero-order chi connectivity index (χ0) is 18.9. The summed E-state index contributed by atoms with van der Waals surface area (Å²) in [6.45, 7) is 14.2. The summed E-state index contributed by atoms with van der Waals surface area (Å²) in [5, 5.41) is 0.186. The standard InChI is InChI=1S/C22H36O2Si/c1-8-13-20(23-18-19-15-11-10-12-16-19)17-21(14-9-2)24-25(6,7)22(3,4)5/h2,10-12,15-16,20-21H,8,13-14,17-18H2,1,3-7H3/t20-,21-/m0/s1. The van der Waals surface area contributed by atoms with Crippen LogP contribution in [0.15, 0.2) is 30.3 Å². The molecule has 0 bridgehead atoms. The van der Waals surface area contributed by atoms with Crippen molar-refractivity contribution in [3.05, 3.63) is 35.9 Å². The summed E-state index contributed by atoms with van der Waals surface area (Å²) in [7, 11) is -1.83. The molecule has 0 aliphatic carbocycles. The van der Waals surface area contributed by atoms with Crippen LogP contribution in [0.4, 0.5) is 0 Å². The monoisotopic (exact) mass is 360 g/mol. The van der Waals surface area contributed by atoms with Gasteiger partial charge in [0.2, 0.25) is 0 Å². The van der Waals surface area contributed by atoms with Gasteiger partial charge in [-0.15, -0.1) is 12.3 Å². The summed E-state index contributed by atoms with van der Waals surface area (Å²) >= 11 is 0. The Morgan fingerprint density at radius 3 is 2.28 bits per heavy atom. The molecule has 1 aromatic carbocycles. The first-order valence-electron chi connectivity index (χ1n) is 9.46. The average Bonchev–Trinajstić information content (AvgIpc) is 2.52. The molecular weight excluding hydrogens is 324 g/mol. The van der Waals surface area contributed by atoms with E-state index in [1.54, 1.807) is 0 Å². The van der Waals surface area contributed by atoms with Crippen LogP contribution in [0.5, 0.6) is 0 Å². The van der Waals surface area contributed by atoms with E-state index >= 15 is 0 Å². The van der Waals surface area contributed by atoms with Crippen molar-refractivity contribution in [1.29, 1.82) is 0 Å². The first-order valence-corrected chi connectivity index (χ1v) is 12.4. The van der Waals surface area contributed by atoms with E-state index in [9.17, 15) is 0 Å². The van der Waals surface area contributed by atoms with Gasteiger partial charge in [-0.1, -0.05) is 64.4 Å². The molecule has 2 atom stereocenters. The molecule has 0 amide bonds. The van der Waals surface area contributed by atoms with Gasteiger partial charge in [-0.05, 0) is 36.5 Å². The molecule has 0 unspecified atom stereocenters. The van der Waals surface area contributed by atoms with Crippen molar-refractivity contribution >= 4 is 8.32 Å². The molecule has 0 radical (unpaired) electrons. The van der Waals surface area contributed by atoms with E-state index in [2.05, 4.69) is 71.0 Å². The van der Waals surface area contributed by atoms with E-state index in [1.165, 1.54) is 5.56 Å². The number of benzene rings is 1. The summed E-state index contributed by atoms with van der Waals surface area (Å²) in [6.07, 6.45) is 9.55. The third-order valence-corrected chi connectivity index (χ3v) is 9.61. The molecule has 25 heavy (non-hydrogen) atoms. The second-order valence-electron chi connectivity index (χ2n) is 8.35. The van der Waals surface area contributed by atoms with Gasteiger partial charge in [0.05, 0.1) is 18.8 Å². The highest BCUT2D eigenvalue weighted by Crippen LogP contribution is 2.38. The number of terminal acetylenes is 1. The van der Waals surface area contributed by atoms with E-state index in [0.29, 0.717) is 13.0 Å². The molecule has 0 heterocycles. The van der Waals surface area contributed by atoms with Crippen LogP contribution in [0.25, 0.3) is 0 Å². The van der Waals surface area contributed by atoms with Crippen molar-refractivity contribution in [2.45, 2.75) is 90.3 Å². The Hall–Kier alpha value is -1.08. The van der Waals surface area contributed by atoms with Crippen LogP contribution >= 0.6 is 0 Å². The lowest BCUT2D eigenvalue weighted by Crippen LogP contribution is -2.44. The van der Waals surface area contributed by atoms with Gasteiger partial charge in [-0.2, -0.15) is 0 Å². The highest BCUT2D eigenvalue weighted by atomic mass is 28.4. The maximum absolute atomic E-state index is 6.59. The fourth-order valence-electron chi connectivity index (χ4n) is 2.57. The van der Waals surface area contributed by atoms with Crippen LogP contribution in [-0.2, 0) is 15.8 Å². The van der Waals surface area contributed by atoms with Crippen LogP contribution in [0.3, 0.4) is 0 Å². The van der Waals surface area contributed by atoms with Crippen molar-refractivity contribution in [3.63, 3.8) is 0 Å². The molecule has 2 nitrogen and oxygen atoms in total. The van der Waals surface area contributed by atoms with Gasteiger partial charge in [0.1, 0.15) is 0 Å². The minimum absolute atomic E-state index is 0.0817. The minimum Gasteiger partial charge on any atom is -0.413 e. The lowest BCUT2D eigenvalue weighted by molar-refractivity contribution is 0.00272. The number of hydrogen-bond donors (Lipinski definition) is 0. The van der Waals surface area contributed by atoms with Crippen LogP contribution < -0.4 is 0 Å². The highest BCUT2D eigenvalue weighted by molar-refractivity contribution is 6.74. The Labute approximate surface area is 156 Å².